The molecule has 0 unspecified atom stereocenters. The van der Waals surface area contributed by atoms with Crippen LogP contribution in [0.25, 0.3) is 22.0 Å². The van der Waals surface area contributed by atoms with Crippen LogP contribution in [0.3, 0.4) is 0 Å². The summed E-state index contributed by atoms with van der Waals surface area (Å²) < 4.78 is 42.7. The van der Waals surface area contributed by atoms with Gasteiger partial charge in [-0.2, -0.15) is 0 Å². The molecule has 2 atom stereocenters. The smallest absolute Gasteiger partial charge is 0.263 e. The summed E-state index contributed by atoms with van der Waals surface area (Å²) in [6.07, 6.45) is 1.80. The fourth-order valence-corrected chi connectivity index (χ4v) is 5.21. The SMILES string of the molecule is C[C@@H](Oc1ccc2c(-c3ccc(F)cc3Cl)ccnc2c1)C(=O)N1CCC[C@@H](S(N)(=O)=O)C1. The van der Waals surface area contributed by atoms with Gasteiger partial charge in [0.1, 0.15) is 11.6 Å². The Morgan fingerprint density at radius 2 is 2.03 bits per heavy atom. The molecule has 174 valence electrons. The molecule has 4 rings (SSSR count). The van der Waals surface area contributed by atoms with Crippen molar-refractivity contribution in [3.05, 3.63) is 59.5 Å². The summed E-state index contributed by atoms with van der Waals surface area (Å²) in [5.74, 6) is -0.276. The van der Waals surface area contributed by atoms with Crippen LogP contribution >= 0.6 is 11.6 Å². The molecule has 7 nitrogen and oxygen atoms in total. The van der Waals surface area contributed by atoms with Gasteiger partial charge in [-0.25, -0.2) is 17.9 Å². The first kappa shape index (κ1) is 23.4. The fourth-order valence-electron chi connectivity index (χ4n) is 4.06. The number of carbonyl (C=O) groups is 1. The average molecular weight is 492 g/mol. The Morgan fingerprint density at radius 3 is 2.76 bits per heavy atom. The number of fused-ring (bicyclic) bond motifs is 1. The molecule has 2 heterocycles. The summed E-state index contributed by atoms with van der Waals surface area (Å²) >= 11 is 6.24. The van der Waals surface area contributed by atoms with E-state index in [2.05, 4.69) is 4.98 Å². The van der Waals surface area contributed by atoms with Crippen LogP contribution in [0.4, 0.5) is 4.39 Å². The van der Waals surface area contributed by atoms with Crippen LogP contribution in [0.5, 0.6) is 5.75 Å². The van der Waals surface area contributed by atoms with E-state index in [1.54, 1.807) is 37.4 Å². The van der Waals surface area contributed by atoms with Gasteiger partial charge in [0.2, 0.25) is 10.0 Å². The molecule has 3 aromatic rings. The van der Waals surface area contributed by atoms with Gasteiger partial charge in [-0.1, -0.05) is 11.6 Å². The van der Waals surface area contributed by atoms with Crippen molar-refractivity contribution >= 4 is 38.4 Å². The number of pyridine rings is 1. The van der Waals surface area contributed by atoms with E-state index in [0.29, 0.717) is 41.2 Å². The van der Waals surface area contributed by atoms with Crippen LogP contribution in [0.15, 0.2) is 48.7 Å². The maximum atomic E-state index is 13.5. The highest BCUT2D eigenvalue weighted by molar-refractivity contribution is 7.89. The fraction of sp³-hybridized carbons (Fsp3) is 0.304. The highest BCUT2D eigenvalue weighted by atomic mass is 35.5. The van der Waals surface area contributed by atoms with E-state index in [-0.39, 0.29) is 12.5 Å². The van der Waals surface area contributed by atoms with Gasteiger partial charge in [0, 0.05) is 36.3 Å². The highest BCUT2D eigenvalue weighted by Crippen LogP contribution is 2.34. The second-order valence-corrected chi connectivity index (χ2v) is 10.3. The number of halogens is 2. The highest BCUT2D eigenvalue weighted by Gasteiger charge is 2.32. The van der Waals surface area contributed by atoms with Crippen molar-refractivity contribution in [3.8, 4) is 16.9 Å². The Hall–Kier alpha value is -2.75. The van der Waals surface area contributed by atoms with Gasteiger partial charge in [0.15, 0.2) is 6.10 Å². The number of hydrogen-bond donors (Lipinski definition) is 1. The van der Waals surface area contributed by atoms with Crippen molar-refractivity contribution in [1.29, 1.82) is 0 Å². The van der Waals surface area contributed by atoms with Crippen molar-refractivity contribution in [2.24, 2.45) is 5.14 Å². The first-order chi connectivity index (χ1) is 15.6. The molecular weight excluding hydrogens is 469 g/mol. The number of ether oxygens (including phenoxy) is 1. The monoisotopic (exact) mass is 491 g/mol. The lowest BCUT2D eigenvalue weighted by atomic mass is 10.0. The second-order valence-electron chi connectivity index (χ2n) is 8.06. The largest absolute Gasteiger partial charge is 0.481 e. The van der Waals surface area contributed by atoms with Crippen molar-refractivity contribution in [1.82, 2.24) is 9.88 Å². The third-order valence-corrected chi connectivity index (χ3v) is 7.38. The molecule has 0 aliphatic carbocycles. The van der Waals surface area contributed by atoms with Gasteiger partial charge >= 0.3 is 0 Å². The van der Waals surface area contributed by atoms with Gasteiger partial charge < -0.3 is 9.64 Å². The van der Waals surface area contributed by atoms with Gasteiger partial charge in [-0.05, 0) is 61.7 Å². The van der Waals surface area contributed by atoms with Crippen molar-refractivity contribution in [2.45, 2.75) is 31.1 Å². The molecule has 2 N–H and O–H groups in total. The molecule has 1 amide bonds. The number of sulfonamides is 1. The Balaban J connectivity index is 1.54. The summed E-state index contributed by atoms with van der Waals surface area (Å²) in [7, 11) is -3.71. The summed E-state index contributed by atoms with van der Waals surface area (Å²) in [6.45, 7) is 2.14. The molecule has 1 fully saturated rings. The topological polar surface area (TPSA) is 103 Å². The van der Waals surface area contributed by atoms with Crippen LogP contribution in [-0.4, -0.2) is 48.7 Å². The normalized spacial score (nSPS) is 17.7. The minimum atomic E-state index is -3.71. The molecule has 1 aliphatic rings. The third-order valence-electron chi connectivity index (χ3n) is 5.75. The van der Waals surface area contributed by atoms with Crippen LogP contribution in [0.2, 0.25) is 5.02 Å². The summed E-state index contributed by atoms with van der Waals surface area (Å²) in [4.78, 5) is 18.7. The number of aromatic nitrogens is 1. The molecule has 1 aliphatic heterocycles. The molecule has 0 radical (unpaired) electrons. The van der Waals surface area contributed by atoms with Gasteiger partial charge in [-0.15, -0.1) is 0 Å². The van der Waals surface area contributed by atoms with E-state index in [9.17, 15) is 17.6 Å². The predicted octanol–water partition coefficient (Wildman–Crippen LogP) is 3.74. The molecule has 33 heavy (non-hydrogen) atoms. The van der Waals surface area contributed by atoms with E-state index in [1.165, 1.54) is 17.0 Å². The standard InChI is InChI=1S/C23H23ClFN3O4S/c1-14(23(29)28-10-2-3-17(13-28)33(26,30)31)32-16-5-7-20-18(8-9-27-22(20)12-16)19-6-4-15(25)11-21(19)24/h4-9,11-12,14,17H,2-3,10,13H2,1H3,(H2,26,30,31)/t14-,17-/m1/s1. The Morgan fingerprint density at radius 1 is 1.24 bits per heavy atom. The number of likely N-dealkylation sites (tertiary alicyclic amines) is 1. The van der Waals surface area contributed by atoms with Crippen molar-refractivity contribution < 1.29 is 22.3 Å². The van der Waals surface area contributed by atoms with E-state index >= 15 is 0 Å². The lowest BCUT2D eigenvalue weighted by Crippen LogP contribution is -2.50. The second kappa shape index (κ2) is 9.24. The first-order valence-electron chi connectivity index (χ1n) is 10.4. The number of hydrogen-bond acceptors (Lipinski definition) is 5. The Bertz CT molecular complexity index is 1320. The average Bonchev–Trinajstić information content (AvgIpc) is 2.77. The van der Waals surface area contributed by atoms with Crippen LogP contribution < -0.4 is 9.88 Å². The van der Waals surface area contributed by atoms with Gasteiger partial charge in [0.05, 0.1) is 15.8 Å². The van der Waals surface area contributed by atoms with E-state index in [1.807, 2.05) is 6.07 Å². The number of nitrogens with zero attached hydrogens (tertiary/aromatic N) is 2. The molecule has 1 saturated heterocycles. The van der Waals surface area contributed by atoms with E-state index in [4.69, 9.17) is 21.5 Å². The Labute approximate surface area is 196 Å². The number of benzene rings is 2. The maximum Gasteiger partial charge on any atom is 0.263 e. The van der Waals surface area contributed by atoms with Gasteiger partial charge in [0.25, 0.3) is 5.91 Å². The summed E-state index contributed by atoms with van der Waals surface area (Å²) in [5, 5.41) is 5.59. The zero-order chi connectivity index (χ0) is 23.8. The molecule has 2 aromatic carbocycles. The minimum absolute atomic E-state index is 0.0619. The Kier molecular flexibility index (Phi) is 6.56. The molecular formula is C23H23ClFN3O4S. The molecule has 0 bridgehead atoms. The lowest BCUT2D eigenvalue weighted by Gasteiger charge is -2.33. The van der Waals surface area contributed by atoms with E-state index in [0.717, 1.165) is 10.9 Å². The molecule has 1 aromatic heterocycles. The third kappa shape index (κ3) is 5.10. The zero-order valence-electron chi connectivity index (χ0n) is 17.9. The molecule has 10 heteroatoms. The van der Waals surface area contributed by atoms with Crippen molar-refractivity contribution in [3.63, 3.8) is 0 Å². The number of nitrogens with two attached hydrogens (primary N) is 1. The number of amides is 1. The number of rotatable bonds is 5. The van der Waals surface area contributed by atoms with Gasteiger partial charge in [-0.3, -0.25) is 9.78 Å². The van der Waals surface area contributed by atoms with Crippen LogP contribution in [0, 0.1) is 5.82 Å². The first-order valence-corrected chi connectivity index (χ1v) is 12.4. The van der Waals surface area contributed by atoms with Crippen LogP contribution in [-0.2, 0) is 14.8 Å². The quantitative estimate of drug-likeness (QED) is 0.585. The number of carbonyl (C=O) groups excluding carboxylic acids is 1. The number of primary sulfonamides is 1. The maximum absolute atomic E-state index is 13.5. The predicted molar refractivity (Wildman–Crippen MR) is 125 cm³/mol. The molecule has 0 saturated carbocycles. The lowest BCUT2D eigenvalue weighted by molar-refractivity contribution is -0.138. The van der Waals surface area contributed by atoms with Crippen molar-refractivity contribution in [2.75, 3.05) is 13.1 Å². The minimum Gasteiger partial charge on any atom is -0.481 e. The summed E-state index contributed by atoms with van der Waals surface area (Å²) in [6, 6.07) is 11.3. The zero-order valence-corrected chi connectivity index (χ0v) is 19.4. The van der Waals surface area contributed by atoms with E-state index < -0.39 is 27.2 Å². The number of piperidine rings is 1. The summed E-state index contributed by atoms with van der Waals surface area (Å²) in [5.41, 5.74) is 2.09. The van der Waals surface area contributed by atoms with Crippen LogP contribution in [0.1, 0.15) is 19.8 Å². The molecule has 0 spiro atoms.